The smallest absolute Gasteiger partial charge is 0.267 e. The summed E-state index contributed by atoms with van der Waals surface area (Å²) in [5.41, 5.74) is 6.52. The van der Waals surface area contributed by atoms with Crippen LogP contribution in [0, 0.1) is 5.92 Å². The molecule has 1 saturated carbocycles. The first-order chi connectivity index (χ1) is 10.2. The van der Waals surface area contributed by atoms with E-state index in [2.05, 4.69) is 22.7 Å². The number of hydrazone groups is 1. The molecule has 0 bridgehead atoms. The van der Waals surface area contributed by atoms with Crippen molar-refractivity contribution in [3.63, 3.8) is 0 Å². The molecule has 1 aliphatic carbocycles. The van der Waals surface area contributed by atoms with Crippen LogP contribution in [-0.2, 0) is 0 Å². The Balaban J connectivity index is 1.69. The van der Waals surface area contributed by atoms with Crippen molar-refractivity contribution in [2.75, 3.05) is 0 Å². The van der Waals surface area contributed by atoms with E-state index in [4.69, 9.17) is 0 Å². The minimum absolute atomic E-state index is 0.158. The van der Waals surface area contributed by atoms with Gasteiger partial charge in [-0.2, -0.15) is 5.10 Å². The van der Waals surface area contributed by atoms with Crippen LogP contribution in [0.25, 0.3) is 11.1 Å². The molecule has 0 unspecified atom stereocenters. The highest BCUT2D eigenvalue weighted by Gasteiger charge is 2.24. The third-order valence-corrected chi connectivity index (χ3v) is 3.76. The molecule has 0 saturated heterocycles. The van der Waals surface area contributed by atoms with Crippen LogP contribution in [-0.4, -0.2) is 11.6 Å². The van der Waals surface area contributed by atoms with Crippen LogP contribution in [0.3, 0.4) is 0 Å². The molecule has 3 nitrogen and oxygen atoms in total. The van der Waals surface area contributed by atoms with E-state index in [1.54, 1.807) is 0 Å². The number of hydrogen-bond donors (Lipinski definition) is 1. The average Bonchev–Trinajstić information content (AvgIpc) is 3.38. The lowest BCUT2D eigenvalue weighted by atomic mass is 10.0. The Labute approximate surface area is 124 Å². The second-order valence-electron chi connectivity index (χ2n) is 5.41. The fourth-order valence-corrected chi connectivity index (χ4v) is 2.24. The van der Waals surface area contributed by atoms with Gasteiger partial charge in [-0.05, 0) is 48.9 Å². The molecule has 3 heteroatoms. The zero-order valence-corrected chi connectivity index (χ0v) is 12.0. The van der Waals surface area contributed by atoms with Gasteiger partial charge in [0.15, 0.2) is 0 Å². The quantitative estimate of drug-likeness (QED) is 0.669. The maximum atomic E-state index is 12.0. The molecule has 2 aromatic rings. The minimum Gasteiger partial charge on any atom is -0.267 e. The lowest BCUT2D eigenvalue weighted by Gasteiger charge is -2.04. The molecular formula is C18H18N2O. The molecule has 1 N–H and O–H groups in total. The Morgan fingerprint density at radius 2 is 1.62 bits per heavy atom. The fraction of sp³-hybridized carbons (Fsp3) is 0.222. The molecular weight excluding hydrogens is 260 g/mol. The Kier molecular flexibility index (Phi) is 3.82. The van der Waals surface area contributed by atoms with E-state index in [0.29, 0.717) is 11.5 Å². The normalized spacial score (nSPS) is 14.8. The predicted molar refractivity (Wildman–Crippen MR) is 85.2 cm³/mol. The first-order valence-corrected chi connectivity index (χ1v) is 7.24. The molecule has 2 aromatic carbocycles. The van der Waals surface area contributed by atoms with Gasteiger partial charge in [0.2, 0.25) is 0 Å². The van der Waals surface area contributed by atoms with Gasteiger partial charge in [-0.25, -0.2) is 5.43 Å². The third-order valence-electron chi connectivity index (χ3n) is 3.76. The average molecular weight is 278 g/mol. The molecule has 1 fully saturated rings. The van der Waals surface area contributed by atoms with Crippen LogP contribution in [0.1, 0.15) is 30.1 Å². The Hall–Kier alpha value is -2.42. The summed E-state index contributed by atoms with van der Waals surface area (Å²) in [6, 6.07) is 17.7. The molecule has 0 spiro atoms. The fourth-order valence-electron chi connectivity index (χ4n) is 2.24. The highest BCUT2D eigenvalue weighted by Crippen LogP contribution is 2.30. The van der Waals surface area contributed by atoms with E-state index >= 15 is 0 Å². The van der Waals surface area contributed by atoms with E-state index in [1.165, 1.54) is 12.8 Å². The highest BCUT2D eigenvalue weighted by molar-refractivity contribution is 5.96. The molecule has 0 aliphatic heterocycles. The molecule has 21 heavy (non-hydrogen) atoms. The summed E-state index contributed by atoms with van der Waals surface area (Å²) in [5, 5.41) is 4.16. The number of nitrogens with zero attached hydrogens (tertiary/aromatic N) is 1. The number of carbonyl (C=O) groups is 1. The van der Waals surface area contributed by atoms with Crippen molar-refractivity contribution in [1.29, 1.82) is 0 Å². The van der Waals surface area contributed by atoms with E-state index < -0.39 is 0 Å². The summed E-state index contributed by atoms with van der Waals surface area (Å²) in [6.45, 7) is 1.97. The van der Waals surface area contributed by atoms with Crippen molar-refractivity contribution in [3.8, 4) is 11.1 Å². The van der Waals surface area contributed by atoms with Gasteiger partial charge in [-0.15, -0.1) is 0 Å². The molecule has 0 aromatic heterocycles. The van der Waals surface area contributed by atoms with Crippen LogP contribution in [0.5, 0.6) is 0 Å². The van der Waals surface area contributed by atoms with Crippen LogP contribution in [0.15, 0.2) is 59.7 Å². The van der Waals surface area contributed by atoms with Crippen molar-refractivity contribution >= 4 is 11.6 Å². The molecule has 0 heterocycles. The number of amides is 1. The SMILES string of the molecule is C/C(=N\NC(=O)c1ccc(-c2ccccc2)cc1)C1CC1. The maximum absolute atomic E-state index is 12.0. The number of rotatable bonds is 4. The van der Waals surface area contributed by atoms with Crippen LogP contribution >= 0.6 is 0 Å². The monoisotopic (exact) mass is 278 g/mol. The maximum Gasteiger partial charge on any atom is 0.271 e. The van der Waals surface area contributed by atoms with Crippen LogP contribution in [0.4, 0.5) is 0 Å². The summed E-state index contributed by atoms with van der Waals surface area (Å²) in [5.74, 6) is 0.417. The molecule has 0 atom stereocenters. The van der Waals surface area contributed by atoms with Crippen LogP contribution in [0.2, 0.25) is 0 Å². The van der Waals surface area contributed by atoms with Crippen molar-refractivity contribution < 1.29 is 4.79 Å². The lowest BCUT2D eigenvalue weighted by Crippen LogP contribution is -2.19. The first kappa shape index (κ1) is 13.6. The first-order valence-electron chi connectivity index (χ1n) is 7.24. The lowest BCUT2D eigenvalue weighted by molar-refractivity contribution is 0.0954. The van der Waals surface area contributed by atoms with Gasteiger partial charge in [0.25, 0.3) is 5.91 Å². The number of carbonyl (C=O) groups excluding carboxylic acids is 1. The minimum atomic E-state index is -0.158. The predicted octanol–water partition coefficient (Wildman–Crippen LogP) is 3.87. The van der Waals surface area contributed by atoms with E-state index in [9.17, 15) is 4.79 Å². The zero-order valence-electron chi connectivity index (χ0n) is 12.0. The summed E-state index contributed by atoms with van der Waals surface area (Å²) < 4.78 is 0. The van der Waals surface area contributed by atoms with Gasteiger partial charge in [-0.1, -0.05) is 42.5 Å². The number of hydrogen-bond acceptors (Lipinski definition) is 2. The molecule has 1 aliphatic rings. The standard InChI is InChI=1S/C18H18N2O/c1-13(14-7-8-14)19-20-18(21)17-11-9-16(10-12-17)15-5-3-2-4-6-15/h2-6,9-12,14H,7-8H2,1H3,(H,20,21)/b19-13+. The van der Waals surface area contributed by atoms with Gasteiger partial charge in [0.1, 0.15) is 0 Å². The summed E-state index contributed by atoms with van der Waals surface area (Å²) in [7, 11) is 0. The van der Waals surface area contributed by atoms with Gasteiger partial charge in [0, 0.05) is 11.3 Å². The molecule has 106 valence electrons. The molecule has 3 rings (SSSR count). The van der Waals surface area contributed by atoms with Gasteiger partial charge >= 0.3 is 0 Å². The summed E-state index contributed by atoms with van der Waals surface area (Å²) in [4.78, 5) is 12.0. The Bertz CT molecular complexity index is 655. The van der Waals surface area contributed by atoms with Crippen molar-refractivity contribution in [2.45, 2.75) is 19.8 Å². The summed E-state index contributed by atoms with van der Waals surface area (Å²) >= 11 is 0. The molecule has 0 radical (unpaired) electrons. The molecule has 1 amide bonds. The van der Waals surface area contributed by atoms with Crippen molar-refractivity contribution in [1.82, 2.24) is 5.43 Å². The second-order valence-corrected chi connectivity index (χ2v) is 5.41. The van der Waals surface area contributed by atoms with Crippen molar-refractivity contribution in [2.24, 2.45) is 11.0 Å². The number of nitrogens with one attached hydrogen (secondary N) is 1. The Morgan fingerprint density at radius 3 is 2.24 bits per heavy atom. The summed E-state index contributed by atoms with van der Waals surface area (Å²) in [6.07, 6.45) is 2.38. The van der Waals surface area contributed by atoms with Crippen LogP contribution < -0.4 is 5.43 Å². The van der Waals surface area contributed by atoms with E-state index in [-0.39, 0.29) is 5.91 Å². The highest BCUT2D eigenvalue weighted by atomic mass is 16.2. The van der Waals surface area contributed by atoms with E-state index in [1.807, 2.05) is 49.4 Å². The zero-order chi connectivity index (χ0) is 14.7. The largest absolute Gasteiger partial charge is 0.271 e. The van der Waals surface area contributed by atoms with Crippen molar-refractivity contribution in [3.05, 3.63) is 60.2 Å². The second kappa shape index (κ2) is 5.92. The van der Waals surface area contributed by atoms with Gasteiger partial charge in [0.05, 0.1) is 0 Å². The third kappa shape index (κ3) is 3.37. The Morgan fingerprint density at radius 1 is 1.00 bits per heavy atom. The van der Waals surface area contributed by atoms with Gasteiger partial charge < -0.3 is 0 Å². The topological polar surface area (TPSA) is 41.5 Å². The van der Waals surface area contributed by atoms with E-state index in [0.717, 1.165) is 16.8 Å². The number of benzene rings is 2. The van der Waals surface area contributed by atoms with Gasteiger partial charge in [-0.3, -0.25) is 4.79 Å².